The van der Waals surface area contributed by atoms with Gasteiger partial charge in [0.1, 0.15) is 0 Å². The molecule has 22 heavy (non-hydrogen) atoms. The molecule has 1 aliphatic rings. The number of hydrogen-bond acceptors (Lipinski definition) is 2. The van der Waals surface area contributed by atoms with Gasteiger partial charge in [-0.3, -0.25) is 4.84 Å². The summed E-state index contributed by atoms with van der Waals surface area (Å²) in [6.45, 7) is 12.5. The molecule has 0 radical (unpaired) electrons. The smallest absolute Gasteiger partial charge is 0.0725 e. The predicted octanol–water partition coefficient (Wildman–Crippen LogP) is 5.23. The lowest BCUT2D eigenvalue weighted by molar-refractivity contribution is -0.302. The highest BCUT2D eigenvalue weighted by atomic mass is 16.7. The molecule has 2 rings (SSSR count). The zero-order chi connectivity index (χ0) is 16.2. The van der Waals surface area contributed by atoms with Gasteiger partial charge in [0, 0.05) is 11.1 Å². The van der Waals surface area contributed by atoms with Gasteiger partial charge in [0.25, 0.3) is 0 Å². The number of hydroxylamine groups is 2. The van der Waals surface area contributed by atoms with E-state index in [1.54, 1.807) is 0 Å². The number of rotatable bonds is 6. The maximum absolute atomic E-state index is 6.40. The van der Waals surface area contributed by atoms with Crippen LogP contribution in [0.4, 0.5) is 0 Å². The maximum Gasteiger partial charge on any atom is 0.0725 e. The van der Waals surface area contributed by atoms with Gasteiger partial charge < -0.3 is 0 Å². The third kappa shape index (κ3) is 3.38. The summed E-state index contributed by atoms with van der Waals surface area (Å²) in [7, 11) is 0. The van der Waals surface area contributed by atoms with Crippen LogP contribution < -0.4 is 0 Å². The van der Waals surface area contributed by atoms with Crippen molar-refractivity contribution in [2.24, 2.45) is 5.92 Å². The highest BCUT2D eigenvalue weighted by Crippen LogP contribution is 2.45. The molecule has 1 aromatic rings. The van der Waals surface area contributed by atoms with Gasteiger partial charge in [-0.15, -0.1) is 0 Å². The van der Waals surface area contributed by atoms with E-state index in [-0.39, 0.29) is 11.1 Å². The van der Waals surface area contributed by atoms with Crippen LogP contribution in [0.5, 0.6) is 0 Å². The van der Waals surface area contributed by atoms with Crippen LogP contribution in [-0.2, 0) is 11.3 Å². The largest absolute Gasteiger partial charge is 0.298 e. The third-order valence-electron chi connectivity index (χ3n) is 6.06. The summed E-state index contributed by atoms with van der Waals surface area (Å²) in [5, 5.41) is 2.37. The Balaban J connectivity index is 2.08. The molecule has 0 spiro atoms. The first-order valence-corrected chi connectivity index (χ1v) is 8.93. The van der Waals surface area contributed by atoms with Crippen molar-refractivity contribution in [1.29, 1.82) is 0 Å². The summed E-state index contributed by atoms with van der Waals surface area (Å²) in [5.74, 6) is 0.675. The van der Waals surface area contributed by atoms with Crippen molar-refractivity contribution < 1.29 is 4.84 Å². The monoisotopic (exact) mass is 303 g/mol. The van der Waals surface area contributed by atoms with Crippen LogP contribution in [0.1, 0.15) is 65.9 Å². The van der Waals surface area contributed by atoms with Gasteiger partial charge in [0.15, 0.2) is 0 Å². The Kier molecular flexibility index (Phi) is 5.68. The average molecular weight is 303 g/mol. The minimum atomic E-state index is 0.139. The molecule has 1 aliphatic heterocycles. The molecule has 2 heteroatoms. The van der Waals surface area contributed by atoms with Crippen LogP contribution in [0.2, 0.25) is 0 Å². The fourth-order valence-electron chi connectivity index (χ4n) is 3.77. The van der Waals surface area contributed by atoms with E-state index >= 15 is 0 Å². The van der Waals surface area contributed by atoms with Crippen molar-refractivity contribution in [2.75, 3.05) is 6.61 Å². The summed E-state index contributed by atoms with van der Waals surface area (Å²) >= 11 is 0. The minimum Gasteiger partial charge on any atom is -0.298 e. The van der Waals surface area contributed by atoms with Gasteiger partial charge in [-0.2, -0.15) is 5.06 Å². The first-order chi connectivity index (χ1) is 10.5. The normalized spacial score (nSPS) is 33.0. The van der Waals surface area contributed by atoms with E-state index in [9.17, 15) is 0 Å². The molecule has 0 aliphatic carbocycles. The molecule has 1 aromatic carbocycles. The molecule has 0 saturated carbocycles. The van der Waals surface area contributed by atoms with Crippen molar-refractivity contribution in [3.8, 4) is 0 Å². The SMILES string of the molecule is CCC1(C)CCC(C)C(C)(CC)N1OCCc1ccccc1. The van der Waals surface area contributed by atoms with E-state index in [0.29, 0.717) is 5.92 Å². The van der Waals surface area contributed by atoms with Crippen molar-refractivity contribution in [3.05, 3.63) is 35.9 Å². The second-order valence-corrected chi connectivity index (χ2v) is 7.36. The van der Waals surface area contributed by atoms with Crippen LogP contribution >= 0.6 is 0 Å². The van der Waals surface area contributed by atoms with E-state index in [4.69, 9.17) is 4.84 Å². The zero-order valence-electron chi connectivity index (χ0n) is 15.1. The van der Waals surface area contributed by atoms with Crippen LogP contribution in [0.25, 0.3) is 0 Å². The Morgan fingerprint density at radius 1 is 1.14 bits per heavy atom. The quantitative estimate of drug-likeness (QED) is 0.713. The molecule has 0 amide bonds. The van der Waals surface area contributed by atoms with Gasteiger partial charge in [-0.25, -0.2) is 0 Å². The Morgan fingerprint density at radius 2 is 1.82 bits per heavy atom. The van der Waals surface area contributed by atoms with Crippen molar-refractivity contribution in [2.45, 2.75) is 77.8 Å². The Labute approximate surface area is 136 Å². The molecule has 3 atom stereocenters. The fourth-order valence-corrected chi connectivity index (χ4v) is 3.77. The van der Waals surface area contributed by atoms with Gasteiger partial charge in [-0.1, -0.05) is 51.1 Å². The molecular weight excluding hydrogens is 270 g/mol. The Bertz CT molecular complexity index is 460. The molecule has 1 saturated heterocycles. The number of nitrogens with zero attached hydrogens (tertiary/aromatic N) is 1. The summed E-state index contributed by atoms with van der Waals surface area (Å²) < 4.78 is 0. The van der Waals surface area contributed by atoms with Crippen molar-refractivity contribution in [3.63, 3.8) is 0 Å². The maximum atomic E-state index is 6.40. The first kappa shape index (κ1) is 17.5. The molecule has 124 valence electrons. The molecular formula is C20H33NO. The standard InChI is InChI=1S/C20H33NO/c1-6-19(4)15-13-17(3)20(5,7-2)21(19)22-16-14-18-11-9-8-10-12-18/h8-12,17H,6-7,13-16H2,1-5H3. The lowest BCUT2D eigenvalue weighted by Gasteiger charge is -2.57. The van der Waals surface area contributed by atoms with Gasteiger partial charge in [0.05, 0.1) is 6.61 Å². The van der Waals surface area contributed by atoms with E-state index < -0.39 is 0 Å². The van der Waals surface area contributed by atoms with E-state index in [1.807, 2.05) is 0 Å². The summed E-state index contributed by atoms with van der Waals surface area (Å²) in [6.07, 6.45) is 5.78. The predicted molar refractivity (Wildman–Crippen MR) is 93.7 cm³/mol. The minimum absolute atomic E-state index is 0.139. The Hall–Kier alpha value is -0.860. The lowest BCUT2D eigenvalue weighted by atomic mass is 9.71. The summed E-state index contributed by atoms with van der Waals surface area (Å²) in [4.78, 5) is 6.40. The van der Waals surface area contributed by atoms with E-state index in [1.165, 1.54) is 18.4 Å². The molecule has 1 fully saturated rings. The van der Waals surface area contributed by atoms with Crippen molar-refractivity contribution in [1.82, 2.24) is 5.06 Å². The van der Waals surface area contributed by atoms with Gasteiger partial charge >= 0.3 is 0 Å². The lowest BCUT2D eigenvalue weighted by Crippen LogP contribution is -2.63. The molecule has 1 heterocycles. The average Bonchev–Trinajstić information content (AvgIpc) is 2.55. The second kappa shape index (κ2) is 7.14. The zero-order valence-corrected chi connectivity index (χ0v) is 15.1. The molecule has 0 N–H and O–H groups in total. The topological polar surface area (TPSA) is 12.5 Å². The van der Waals surface area contributed by atoms with Gasteiger partial charge in [-0.05, 0) is 57.4 Å². The molecule has 2 nitrogen and oxygen atoms in total. The number of benzene rings is 1. The second-order valence-electron chi connectivity index (χ2n) is 7.36. The van der Waals surface area contributed by atoms with E-state index in [2.05, 4.69) is 70.0 Å². The van der Waals surface area contributed by atoms with Crippen LogP contribution in [-0.4, -0.2) is 22.7 Å². The van der Waals surface area contributed by atoms with Crippen LogP contribution in [0.3, 0.4) is 0 Å². The highest BCUT2D eigenvalue weighted by molar-refractivity contribution is 5.14. The summed E-state index contributed by atoms with van der Waals surface area (Å²) in [5.41, 5.74) is 1.65. The Morgan fingerprint density at radius 3 is 2.41 bits per heavy atom. The van der Waals surface area contributed by atoms with Crippen LogP contribution in [0, 0.1) is 5.92 Å². The van der Waals surface area contributed by atoms with Crippen molar-refractivity contribution >= 4 is 0 Å². The van der Waals surface area contributed by atoms with Gasteiger partial charge in [0.2, 0.25) is 0 Å². The fraction of sp³-hybridized carbons (Fsp3) is 0.700. The first-order valence-electron chi connectivity index (χ1n) is 8.93. The summed E-state index contributed by atoms with van der Waals surface area (Å²) in [6, 6.07) is 10.6. The number of piperidine rings is 1. The molecule has 0 aromatic heterocycles. The number of hydrogen-bond donors (Lipinski definition) is 0. The highest BCUT2D eigenvalue weighted by Gasteiger charge is 2.49. The van der Waals surface area contributed by atoms with E-state index in [0.717, 1.165) is 25.9 Å². The molecule has 3 unspecified atom stereocenters. The van der Waals surface area contributed by atoms with Crippen LogP contribution in [0.15, 0.2) is 30.3 Å². The third-order valence-corrected chi connectivity index (χ3v) is 6.06. The molecule has 0 bridgehead atoms.